The van der Waals surface area contributed by atoms with Gasteiger partial charge in [0.2, 0.25) is 0 Å². The molecule has 0 spiro atoms. The number of ether oxygens (including phenoxy) is 1. The normalized spacial score (nSPS) is 16.6. The fourth-order valence-corrected chi connectivity index (χ4v) is 3.93. The number of carbonyl (C=O) groups excluding carboxylic acids is 1. The molecule has 134 valence electrons. The van der Waals surface area contributed by atoms with Crippen LogP contribution in [0, 0.1) is 6.92 Å². The second-order valence-electron chi connectivity index (χ2n) is 6.23. The van der Waals surface area contributed by atoms with Gasteiger partial charge in [-0.15, -0.1) is 11.3 Å². The molecule has 2 aromatic rings. The summed E-state index contributed by atoms with van der Waals surface area (Å²) in [5, 5.41) is 4.61. The molecule has 1 fully saturated rings. The number of hydrogen-bond acceptors (Lipinski definition) is 5. The largest absolute Gasteiger partial charge is 0.379 e. The number of benzene rings is 1. The Morgan fingerprint density at radius 2 is 2.04 bits per heavy atom. The fourth-order valence-electron chi connectivity index (χ4n) is 2.83. The van der Waals surface area contributed by atoms with Crippen molar-refractivity contribution in [3.63, 3.8) is 0 Å². The van der Waals surface area contributed by atoms with Gasteiger partial charge in [0.05, 0.1) is 18.9 Å². The van der Waals surface area contributed by atoms with Crippen LogP contribution in [-0.4, -0.2) is 54.7 Å². The monoisotopic (exact) mass is 379 g/mol. The minimum absolute atomic E-state index is 0.0593. The van der Waals surface area contributed by atoms with Gasteiger partial charge in [0.25, 0.3) is 5.91 Å². The number of amides is 1. The topological polar surface area (TPSA) is 54.5 Å². The van der Waals surface area contributed by atoms with Crippen LogP contribution < -0.4 is 5.32 Å². The van der Waals surface area contributed by atoms with E-state index in [0.717, 1.165) is 49.1 Å². The van der Waals surface area contributed by atoms with Gasteiger partial charge in [-0.3, -0.25) is 9.69 Å². The fraction of sp³-hybridized carbons (Fsp3) is 0.444. The molecule has 0 saturated carbocycles. The zero-order valence-corrected chi connectivity index (χ0v) is 16.0. The van der Waals surface area contributed by atoms with Crippen LogP contribution in [0.5, 0.6) is 0 Å². The first-order valence-electron chi connectivity index (χ1n) is 8.37. The number of nitrogens with zero attached hydrogens (tertiary/aromatic N) is 2. The standard InChI is InChI=1S/C18H22ClN3O2S/c1-12(11-22-7-9-24-10-8-22)20-17(23)16-13(2)21-18(25-16)14-3-5-15(19)6-4-14/h3-6,12H,7-11H2,1-2H3,(H,20,23). The molecule has 1 aliphatic heterocycles. The van der Waals surface area contributed by atoms with E-state index >= 15 is 0 Å². The molecule has 5 nitrogen and oxygen atoms in total. The molecule has 1 aromatic heterocycles. The first kappa shape index (κ1) is 18.3. The molecule has 3 rings (SSSR count). The van der Waals surface area contributed by atoms with Gasteiger partial charge in [-0.2, -0.15) is 0 Å². The third kappa shape index (κ3) is 4.79. The molecule has 1 amide bonds. The van der Waals surface area contributed by atoms with Crippen molar-refractivity contribution < 1.29 is 9.53 Å². The molecule has 0 bridgehead atoms. The number of nitrogens with one attached hydrogen (secondary N) is 1. The zero-order valence-electron chi connectivity index (χ0n) is 14.4. The van der Waals surface area contributed by atoms with Crippen molar-refractivity contribution in [2.75, 3.05) is 32.8 Å². The Morgan fingerprint density at radius 3 is 2.72 bits per heavy atom. The van der Waals surface area contributed by atoms with E-state index in [9.17, 15) is 4.79 Å². The first-order chi connectivity index (χ1) is 12.0. The highest BCUT2D eigenvalue weighted by atomic mass is 35.5. The summed E-state index contributed by atoms with van der Waals surface area (Å²) in [6.07, 6.45) is 0. The molecule has 25 heavy (non-hydrogen) atoms. The Morgan fingerprint density at radius 1 is 1.36 bits per heavy atom. The number of thiazole rings is 1. The van der Waals surface area contributed by atoms with E-state index in [1.165, 1.54) is 11.3 Å². The van der Waals surface area contributed by atoms with Crippen LogP contribution in [-0.2, 0) is 4.74 Å². The minimum atomic E-state index is -0.0593. The van der Waals surface area contributed by atoms with Crippen molar-refractivity contribution in [3.8, 4) is 10.6 Å². The number of aryl methyl sites for hydroxylation is 1. The predicted molar refractivity (Wildman–Crippen MR) is 101 cm³/mol. The first-order valence-corrected chi connectivity index (χ1v) is 9.56. The summed E-state index contributed by atoms with van der Waals surface area (Å²) in [7, 11) is 0. The van der Waals surface area contributed by atoms with Crippen molar-refractivity contribution in [1.82, 2.24) is 15.2 Å². The molecule has 1 unspecified atom stereocenters. The van der Waals surface area contributed by atoms with Crippen molar-refractivity contribution in [2.24, 2.45) is 0 Å². The van der Waals surface area contributed by atoms with Crippen LogP contribution in [0.4, 0.5) is 0 Å². The second-order valence-corrected chi connectivity index (χ2v) is 7.66. The molecule has 2 heterocycles. The molecular formula is C18H22ClN3O2S. The van der Waals surface area contributed by atoms with Crippen molar-refractivity contribution in [1.29, 1.82) is 0 Å². The lowest BCUT2D eigenvalue weighted by atomic mass is 10.2. The van der Waals surface area contributed by atoms with Crippen LogP contribution in [0.1, 0.15) is 22.3 Å². The molecule has 1 aliphatic rings. The van der Waals surface area contributed by atoms with Gasteiger partial charge in [-0.05, 0) is 26.0 Å². The summed E-state index contributed by atoms with van der Waals surface area (Å²) in [6.45, 7) is 8.09. The van der Waals surface area contributed by atoms with E-state index in [4.69, 9.17) is 16.3 Å². The van der Waals surface area contributed by atoms with Crippen molar-refractivity contribution in [3.05, 3.63) is 39.9 Å². The highest BCUT2D eigenvalue weighted by Gasteiger charge is 2.20. The third-order valence-electron chi connectivity index (χ3n) is 4.11. The average molecular weight is 380 g/mol. The maximum Gasteiger partial charge on any atom is 0.263 e. The van der Waals surface area contributed by atoms with Gasteiger partial charge in [0.15, 0.2) is 0 Å². The highest BCUT2D eigenvalue weighted by Crippen LogP contribution is 2.28. The Balaban J connectivity index is 1.64. The molecule has 1 saturated heterocycles. The summed E-state index contributed by atoms with van der Waals surface area (Å²) < 4.78 is 5.36. The van der Waals surface area contributed by atoms with Crippen LogP contribution in [0.15, 0.2) is 24.3 Å². The summed E-state index contributed by atoms with van der Waals surface area (Å²) >= 11 is 7.35. The number of rotatable bonds is 5. The molecule has 0 radical (unpaired) electrons. The number of carbonyl (C=O) groups is 1. The SMILES string of the molecule is Cc1nc(-c2ccc(Cl)cc2)sc1C(=O)NC(C)CN1CCOCC1. The van der Waals surface area contributed by atoms with E-state index in [1.54, 1.807) is 0 Å². The van der Waals surface area contributed by atoms with E-state index in [1.807, 2.05) is 38.1 Å². The van der Waals surface area contributed by atoms with Gasteiger partial charge in [0, 0.05) is 36.3 Å². The van der Waals surface area contributed by atoms with Gasteiger partial charge in [-0.25, -0.2) is 4.98 Å². The van der Waals surface area contributed by atoms with Crippen molar-refractivity contribution >= 4 is 28.8 Å². The van der Waals surface area contributed by atoms with E-state index < -0.39 is 0 Å². The van der Waals surface area contributed by atoms with Gasteiger partial charge in [0.1, 0.15) is 9.88 Å². The quantitative estimate of drug-likeness (QED) is 0.866. The van der Waals surface area contributed by atoms with Gasteiger partial charge in [-0.1, -0.05) is 23.7 Å². The van der Waals surface area contributed by atoms with Crippen LogP contribution in [0.25, 0.3) is 10.6 Å². The summed E-state index contributed by atoms with van der Waals surface area (Å²) in [4.78, 5) is 20.1. The third-order valence-corrected chi connectivity index (χ3v) is 5.56. The Bertz CT molecular complexity index is 726. The number of halogens is 1. The summed E-state index contributed by atoms with van der Waals surface area (Å²) in [5.41, 5.74) is 1.73. The summed E-state index contributed by atoms with van der Waals surface area (Å²) in [5.74, 6) is -0.0593. The highest BCUT2D eigenvalue weighted by molar-refractivity contribution is 7.17. The number of morpholine rings is 1. The molecule has 1 N–H and O–H groups in total. The van der Waals surface area contributed by atoms with E-state index in [-0.39, 0.29) is 11.9 Å². The Labute approximate surface area is 157 Å². The molecule has 7 heteroatoms. The minimum Gasteiger partial charge on any atom is -0.379 e. The van der Waals surface area contributed by atoms with Crippen LogP contribution in [0.3, 0.4) is 0 Å². The molecule has 1 atom stereocenters. The van der Waals surface area contributed by atoms with E-state index in [0.29, 0.717) is 9.90 Å². The Hall–Kier alpha value is -1.47. The molecule has 1 aromatic carbocycles. The Kier molecular flexibility index (Phi) is 6.06. The van der Waals surface area contributed by atoms with Crippen LogP contribution in [0.2, 0.25) is 5.02 Å². The van der Waals surface area contributed by atoms with Crippen molar-refractivity contribution in [2.45, 2.75) is 19.9 Å². The number of aromatic nitrogens is 1. The maximum atomic E-state index is 12.6. The van der Waals surface area contributed by atoms with Gasteiger partial charge >= 0.3 is 0 Å². The smallest absolute Gasteiger partial charge is 0.263 e. The molecule has 0 aliphatic carbocycles. The lowest BCUT2D eigenvalue weighted by Crippen LogP contribution is -2.46. The predicted octanol–water partition coefficient (Wildman–Crippen LogP) is 3.22. The van der Waals surface area contributed by atoms with E-state index in [2.05, 4.69) is 15.2 Å². The number of hydrogen-bond donors (Lipinski definition) is 1. The maximum absolute atomic E-state index is 12.6. The molecular weight excluding hydrogens is 358 g/mol. The summed E-state index contributed by atoms with van der Waals surface area (Å²) in [6, 6.07) is 7.58. The second kappa shape index (κ2) is 8.27. The lowest BCUT2D eigenvalue weighted by molar-refractivity contribution is 0.0342. The zero-order chi connectivity index (χ0) is 17.8. The average Bonchev–Trinajstić information content (AvgIpc) is 2.98. The lowest BCUT2D eigenvalue weighted by Gasteiger charge is -2.29. The van der Waals surface area contributed by atoms with Gasteiger partial charge < -0.3 is 10.1 Å². The van der Waals surface area contributed by atoms with Crippen LogP contribution >= 0.6 is 22.9 Å².